The number of aromatic nitrogens is 3. The summed E-state index contributed by atoms with van der Waals surface area (Å²) in [5.41, 5.74) is 0. The Bertz CT molecular complexity index is 404. The van der Waals surface area contributed by atoms with Crippen LogP contribution in [0.15, 0.2) is 6.33 Å². The standard InChI is InChI=1S/C14H25N5/c1-3-6-19-14(15-10-16-19)9-18(2)13-7-11-4-5-12(8-13)17-11/h10-13,17H,3-9H2,1-2H3. The number of hydrogen-bond acceptors (Lipinski definition) is 4. The third-order valence-electron chi connectivity index (χ3n) is 4.59. The minimum atomic E-state index is 0.700. The van der Waals surface area contributed by atoms with Crippen molar-refractivity contribution in [2.45, 2.75) is 70.2 Å². The van der Waals surface area contributed by atoms with Crippen LogP contribution in [0.3, 0.4) is 0 Å². The van der Waals surface area contributed by atoms with E-state index >= 15 is 0 Å². The van der Waals surface area contributed by atoms with Gasteiger partial charge >= 0.3 is 0 Å². The zero-order valence-electron chi connectivity index (χ0n) is 12.0. The van der Waals surface area contributed by atoms with Crippen molar-refractivity contribution >= 4 is 0 Å². The molecule has 2 unspecified atom stereocenters. The highest BCUT2D eigenvalue weighted by Crippen LogP contribution is 2.29. The maximum absolute atomic E-state index is 4.42. The van der Waals surface area contributed by atoms with Crippen molar-refractivity contribution in [3.05, 3.63) is 12.2 Å². The molecule has 0 aliphatic carbocycles. The molecule has 3 rings (SSSR count). The number of nitrogens with one attached hydrogen (secondary N) is 1. The SMILES string of the molecule is CCCn1ncnc1CN(C)C1CC2CCC(C1)N2. The van der Waals surface area contributed by atoms with Gasteiger partial charge in [0.1, 0.15) is 12.2 Å². The molecular formula is C14H25N5. The first-order valence-corrected chi connectivity index (χ1v) is 7.59. The Morgan fingerprint density at radius 2 is 2.11 bits per heavy atom. The fourth-order valence-electron chi connectivity index (χ4n) is 3.55. The first-order chi connectivity index (χ1) is 9.26. The molecule has 2 bridgehead atoms. The third kappa shape index (κ3) is 2.82. The Kier molecular flexibility index (Phi) is 3.84. The number of piperidine rings is 1. The Balaban J connectivity index is 1.61. The van der Waals surface area contributed by atoms with E-state index in [1.54, 1.807) is 6.33 Å². The van der Waals surface area contributed by atoms with Crippen LogP contribution < -0.4 is 5.32 Å². The molecule has 2 saturated heterocycles. The lowest BCUT2D eigenvalue weighted by Gasteiger charge is -2.35. The molecule has 5 nitrogen and oxygen atoms in total. The van der Waals surface area contributed by atoms with Crippen molar-refractivity contribution in [1.82, 2.24) is 25.0 Å². The van der Waals surface area contributed by atoms with E-state index < -0.39 is 0 Å². The van der Waals surface area contributed by atoms with Crippen LogP contribution >= 0.6 is 0 Å². The first-order valence-electron chi connectivity index (χ1n) is 7.59. The summed E-state index contributed by atoms with van der Waals surface area (Å²) in [5, 5.41) is 8.02. The lowest BCUT2D eigenvalue weighted by molar-refractivity contribution is 0.160. The number of fused-ring (bicyclic) bond motifs is 2. The van der Waals surface area contributed by atoms with Crippen molar-refractivity contribution in [1.29, 1.82) is 0 Å². The van der Waals surface area contributed by atoms with Crippen LogP contribution in [-0.2, 0) is 13.1 Å². The highest BCUT2D eigenvalue weighted by molar-refractivity contribution is 4.96. The van der Waals surface area contributed by atoms with Gasteiger partial charge in [-0.1, -0.05) is 6.92 Å². The van der Waals surface area contributed by atoms with Gasteiger partial charge < -0.3 is 5.32 Å². The Morgan fingerprint density at radius 1 is 1.37 bits per heavy atom. The Labute approximate surface area is 115 Å². The second-order valence-corrected chi connectivity index (χ2v) is 6.08. The summed E-state index contributed by atoms with van der Waals surface area (Å²) in [6.45, 7) is 4.07. The molecule has 0 aromatic carbocycles. The van der Waals surface area contributed by atoms with Gasteiger partial charge in [0.2, 0.25) is 0 Å². The molecule has 106 valence electrons. The van der Waals surface area contributed by atoms with Gasteiger partial charge in [-0.2, -0.15) is 5.10 Å². The van der Waals surface area contributed by atoms with Gasteiger partial charge in [-0.05, 0) is 39.2 Å². The van der Waals surface area contributed by atoms with Crippen LogP contribution in [0.2, 0.25) is 0 Å². The summed E-state index contributed by atoms with van der Waals surface area (Å²) in [6.07, 6.45) is 8.09. The van der Waals surface area contributed by atoms with E-state index in [4.69, 9.17) is 0 Å². The zero-order chi connectivity index (χ0) is 13.2. The van der Waals surface area contributed by atoms with E-state index in [0.717, 1.165) is 37.4 Å². The van der Waals surface area contributed by atoms with Gasteiger partial charge in [0.25, 0.3) is 0 Å². The van der Waals surface area contributed by atoms with Crippen LogP contribution in [0, 0.1) is 0 Å². The van der Waals surface area contributed by atoms with Crippen molar-refractivity contribution in [3.8, 4) is 0 Å². The smallest absolute Gasteiger partial charge is 0.141 e. The molecule has 2 aliphatic rings. The molecular weight excluding hydrogens is 238 g/mol. The molecule has 3 heterocycles. The molecule has 19 heavy (non-hydrogen) atoms. The zero-order valence-corrected chi connectivity index (χ0v) is 12.0. The average Bonchev–Trinajstić information content (AvgIpc) is 2.97. The summed E-state index contributed by atoms with van der Waals surface area (Å²) >= 11 is 0. The number of nitrogens with zero attached hydrogens (tertiary/aromatic N) is 4. The van der Waals surface area contributed by atoms with Crippen molar-refractivity contribution in [3.63, 3.8) is 0 Å². The summed E-state index contributed by atoms with van der Waals surface area (Å²) in [4.78, 5) is 6.89. The average molecular weight is 263 g/mol. The molecule has 1 N–H and O–H groups in total. The van der Waals surface area contributed by atoms with Gasteiger partial charge in [0.05, 0.1) is 6.54 Å². The van der Waals surface area contributed by atoms with E-state index in [0.29, 0.717) is 6.04 Å². The highest BCUT2D eigenvalue weighted by Gasteiger charge is 2.35. The van der Waals surface area contributed by atoms with E-state index in [1.807, 2.05) is 4.68 Å². The largest absolute Gasteiger partial charge is 0.311 e. The van der Waals surface area contributed by atoms with E-state index in [1.165, 1.54) is 25.7 Å². The third-order valence-corrected chi connectivity index (χ3v) is 4.59. The summed E-state index contributed by atoms with van der Waals surface area (Å²) in [6, 6.07) is 2.20. The quantitative estimate of drug-likeness (QED) is 0.872. The van der Waals surface area contributed by atoms with Crippen LogP contribution in [0.25, 0.3) is 0 Å². The minimum Gasteiger partial charge on any atom is -0.311 e. The molecule has 0 saturated carbocycles. The first kappa shape index (κ1) is 13.1. The molecule has 1 aromatic rings. The van der Waals surface area contributed by atoms with Crippen LogP contribution in [0.4, 0.5) is 0 Å². The lowest BCUT2D eigenvalue weighted by atomic mass is 9.98. The minimum absolute atomic E-state index is 0.700. The van der Waals surface area contributed by atoms with Crippen molar-refractivity contribution < 1.29 is 0 Å². The highest BCUT2D eigenvalue weighted by atomic mass is 15.3. The molecule has 1 aromatic heterocycles. The number of rotatable bonds is 5. The van der Waals surface area contributed by atoms with Gasteiger partial charge in [-0.3, -0.25) is 4.90 Å². The van der Waals surface area contributed by atoms with Crippen LogP contribution in [-0.4, -0.2) is 44.8 Å². The van der Waals surface area contributed by atoms with Gasteiger partial charge in [-0.15, -0.1) is 0 Å². The van der Waals surface area contributed by atoms with E-state index in [9.17, 15) is 0 Å². The molecule has 2 atom stereocenters. The predicted octanol–water partition coefficient (Wildman–Crippen LogP) is 1.40. The van der Waals surface area contributed by atoms with E-state index in [2.05, 4.69) is 34.3 Å². The second-order valence-electron chi connectivity index (χ2n) is 6.08. The molecule has 2 fully saturated rings. The fraction of sp³-hybridized carbons (Fsp3) is 0.857. The lowest BCUT2D eigenvalue weighted by Crippen LogP contribution is -2.46. The summed E-state index contributed by atoms with van der Waals surface area (Å²) in [5.74, 6) is 1.11. The number of aryl methyl sites for hydroxylation is 1. The van der Waals surface area contributed by atoms with Crippen LogP contribution in [0.5, 0.6) is 0 Å². The van der Waals surface area contributed by atoms with Gasteiger partial charge in [0, 0.05) is 24.7 Å². The predicted molar refractivity (Wildman–Crippen MR) is 74.7 cm³/mol. The van der Waals surface area contributed by atoms with Crippen molar-refractivity contribution in [2.24, 2.45) is 0 Å². The molecule has 0 spiro atoms. The Hall–Kier alpha value is -0.940. The topological polar surface area (TPSA) is 46.0 Å². The molecule has 0 amide bonds. The maximum Gasteiger partial charge on any atom is 0.141 e. The summed E-state index contributed by atoms with van der Waals surface area (Å²) < 4.78 is 2.05. The second kappa shape index (κ2) is 5.59. The van der Waals surface area contributed by atoms with Gasteiger partial charge in [-0.25, -0.2) is 9.67 Å². The molecule has 0 radical (unpaired) electrons. The Morgan fingerprint density at radius 3 is 2.79 bits per heavy atom. The normalized spacial score (nSPS) is 30.2. The monoisotopic (exact) mass is 263 g/mol. The summed E-state index contributed by atoms with van der Waals surface area (Å²) in [7, 11) is 2.24. The molecule has 5 heteroatoms. The van der Waals surface area contributed by atoms with E-state index in [-0.39, 0.29) is 0 Å². The van der Waals surface area contributed by atoms with Crippen LogP contribution in [0.1, 0.15) is 44.9 Å². The fourth-order valence-corrected chi connectivity index (χ4v) is 3.55. The van der Waals surface area contributed by atoms with Crippen molar-refractivity contribution in [2.75, 3.05) is 7.05 Å². The van der Waals surface area contributed by atoms with Gasteiger partial charge in [0.15, 0.2) is 0 Å². The molecule has 2 aliphatic heterocycles. The maximum atomic E-state index is 4.42. The number of hydrogen-bond donors (Lipinski definition) is 1.